The van der Waals surface area contributed by atoms with Crippen molar-refractivity contribution in [2.75, 3.05) is 13.1 Å². The third kappa shape index (κ3) is 3.35. The summed E-state index contributed by atoms with van der Waals surface area (Å²) in [6.07, 6.45) is 3.65. The second kappa shape index (κ2) is 6.33. The summed E-state index contributed by atoms with van der Waals surface area (Å²) in [5.74, 6) is 1.02. The molecule has 6 heteroatoms. The molecule has 0 aromatic carbocycles. The highest BCUT2D eigenvalue weighted by atomic mass is 15.3. The summed E-state index contributed by atoms with van der Waals surface area (Å²) in [5, 5.41) is 20.9. The molecule has 0 saturated carbocycles. The first-order valence-electron chi connectivity index (χ1n) is 7.35. The van der Waals surface area contributed by atoms with Crippen LogP contribution in [0.5, 0.6) is 0 Å². The lowest BCUT2D eigenvalue weighted by Crippen LogP contribution is -2.49. The molecule has 0 fully saturated rings. The van der Waals surface area contributed by atoms with E-state index in [0.29, 0.717) is 6.04 Å². The molecule has 2 heterocycles. The third-order valence-electron chi connectivity index (χ3n) is 4.01. The minimum atomic E-state index is -0.458. The maximum Gasteiger partial charge on any atom is 0.147 e. The number of fused-ring (bicyclic) bond motifs is 1. The van der Waals surface area contributed by atoms with Crippen LogP contribution < -0.4 is 5.32 Å². The zero-order valence-corrected chi connectivity index (χ0v) is 12.6. The lowest BCUT2D eigenvalue weighted by molar-refractivity contribution is 0.139. The first-order valence-corrected chi connectivity index (χ1v) is 7.35. The Kier molecular flexibility index (Phi) is 4.73. The van der Waals surface area contributed by atoms with Crippen LogP contribution in [0.15, 0.2) is 6.33 Å². The van der Waals surface area contributed by atoms with Crippen molar-refractivity contribution < 1.29 is 0 Å². The molecule has 0 radical (unpaired) electrons. The molecule has 20 heavy (non-hydrogen) atoms. The second-order valence-corrected chi connectivity index (χ2v) is 5.83. The summed E-state index contributed by atoms with van der Waals surface area (Å²) in [6.45, 7) is 9.91. The van der Waals surface area contributed by atoms with Gasteiger partial charge in [-0.15, -0.1) is 10.2 Å². The van der Waals surface area contributed by atoms with Crippen molar-refractivity contribution in [3.63, 3.8) is 0 Å². The molecule has 2 unspecified atom stereocenters. The van der Waals surface area contributed by atoms with Crippen LogP contribution in [0.4, 0.5) is 0 Å². The summed E-state index contributed by atoms with van der Waals surface area (Å²) in [5.41, 5.74) is -0.458. The Labute approximate surface area is 120 Å². The van der Waals surface area contributed by atoms with Gasteiger partial charge in [0.05, 0.1) is 12.6 Å². The Morgan fingerprint density at radius 1 is 1.55 bits per heavy atom. The van der Waals surface area contributed by atoms with Gasteiger partial charge >= 0.3 is 0 Å². The zero-order valence-electron chi connectivity index (χ0n) is 12.6. The van der Waals surface area contributed by atoms with Crippen molar-refractivity contribution in [2.45, 2.75) is 58.3 Å². The van der Waals surface area contributed by atoms with Crippen molar-refractivity contribution in [1.82, 2.24) is 25.0 Å². The fraction of sp³-hybridized carbons (Fsp3) is 0.786. The molecule has 0 spiro atoms. The summed E-state index contributed by atoms with van der Waals surface area (Å²) in [6, 6.07) is 2.77. The van der Waals surface area contributed by atoms with Crippen molar-refractivity contribution in [1.29, 1.82) is 5.26 Å². The van der Waals surface area contributed by atoms with Crippen LogP contribution in [-0.4, -0.2) is 44.3 Å². The number of nitrogens with zero attached hydrogens (tertiary/aromatic N) is 5. The molecule has 0 bridgehead atoms. The van der Waals surface area contributed by atoms with Gasteiger partial charge in [0.25, 0.3) is 0 Å². The summed E-state index contributed by atoms with van der Waals surface area (Å²) in [7, 11) is 0. The lowest BCUT2D eigenvalue weighted by Gasteiger charge is -2.36. The molecule has 0 aliphatic carbocycles. The van der Waals surface area contributed by atoms with Crippen LogP contribution in [0.25, 0.3) is 0 Å². The van der Waals surface area contributed by atoms with E-state index in [1.807, 2.05) is 6.92 Å². The fourth-order valence-electron chi connectivity index (χ4n) is 2.74. The first-order chi connectivity index (χ1) is 9.58. The van der Waals surface area contributed by atoms with Crippen LogP contribution >= 0.6 is 0 Å². The van der Waals surface area contributed by atoms with Gasteiger partial charge in [-0.2, -0.15) is 5.26 Å². The maximum atomic E-state index is 9.43. The predicted molar refractivity (Wildman–Crippen MR) is 76.8 cm³/mol. The Morgan fingerprint density at radius 3 is 3.05 bits per heavy atom. The highest BCUT2D eigenvalue weighted by Crippen LogP contribution is 2.19. The number of rotatable bonds is 6. The average Bonchev–Trinajstić information content (AvgIpc) is 2.92. The van der Waals surface area contributed by atoms with Gasteiger partial charge in [0.15, 0.2) is 0 Å². The van der Waals surface area contributed by atoms with E-state index in [0.717, 1.165) is 44.8 Å². The highest BCUT2D eigenvalue weighted by Gasteiger charge is 2.30. The maximum absolute atomic E-state index is 9.43. The molecular weight excluding hydrogens is 252 g/mol. The smallest absolute Gasteiger partial charge is 0.147 e. The van der Waals surface area contributed by atoms with Gasteiger partial charge in [0.2, 0.25) is 0 Å². The molecule has 2 rings (SSSR count). The normalized spacial score (nSPS) is 19.9. The fourth-order valence-corrected chi connectivity index (χ4v) is 2.74. The van der Waals surface area contributed by atoms with E-state index in [9.17, 15) is 5.26 Å². The van der Waals surface area contributed by atoms with Gasteiger partial charge in [-0.1, -0.05) is 6.92 Å². The number of nitrogens with one attached hydrogen (secondary N) is 1. The van der Waals surface area contributed by atoms with Crippen LogP contribution in [0.3, 0.4) is 0 Å². The molecule has 1 aromatic heterocycles. The van der Waals surface area contributed by atoms with Gasteiger partial charge in [-0.25, -0.2) is 0 Å². The minimum Gasteiger partial charge on any atom is -0.315 e. The minimum absolute atomic E-state index is 0.342. The molecule has 0 amide bonds. The average molecular weight is 276 g/mol. The Bertz CT molecular complexity index is 476. The molecular formula is C14H24N6. The Morgan fingerprint density at radius 2 is 2.35 bits per heavy atom. The molecule has 1 aliphatic heterocycles. The number of hydrogen-bond acceptors (Lipinski definition) is 5. The van der Waals surface area contributed by atoms with Crippen LogP contribution in [0, 0.1) is 11.3 Å². The predicted octanol–water partition coefficient (Wildman–Crippen LogP) is 1.15. The van der Waals surface area contributed by atoms with Gasteiger partial charge in [-0.05, 0) is 33.2 Å². The summed E-state index contributed by atoms with van der Waals surface area (Å²) in [4.78, 5) is 2.38. The standard InChI is InChI=1S/C14H24N6/c1-4-5-16-14(3,10-15)8-12(2)19-6-7-20-11-17-18-13(20)9-19/h11-12,16H,4-9H2,1-3H3. The van der Waals surface area contributed by atoms with E-state index in [4.69, 9.17) is 0 Å². The SMILES string of the molecule is CCCNC(C)(C#N)CC(C)N1CCn2cnnc2C1. The summed E-state index contributed by atoms with van der Waals surface area (Å²) < 4.78 is 2.10. The Balaban J connectivity index is 1.95. The molecule has 1 aromatic rings. The van der Waals surface area contributed by atoms with Crippen LogP contribution in [0.1, 0.15) is 39.4 Å². The van der Waals surface area contributed by atoms with Crippen LogP contribution in [-0.2, 0) is 13.1 Å². The number of aromatic nitrogens is 3. The molecule has 6 nitrogen and oxygen atoms in total. The molecule has 1 N–H and O–H groups in total. The molecule has 2 atom stereocenters. The van der Waals surface area contributed by atoms with E-state index in [1.54, 1.807) is 6.33 Å². The first kappa shape index (κ1) is 14.9. The van der Waals surface area contributed by atoms with E-state index < -0.39 is 5.54 Å². The second-order valence-electron chi connectivity index (χ2n) is 5.83. The van der Waals surface area contributed by atoms with Crippen molar-refractivity contribution in [3.8, 4) is 6.07 Å². The topological polar surface area (TPSA) is 69.8 Å². The monoisotopic (exact) mass is 276 g/mol. The van der Waals surface area contributed by atoms with Gasteiger partial charge < -0.3 is 4.57 Å². The van der Waals surface area contributed by atoms with E-state index in [-0.39, 0.29) is 0 Å². The molecule has 0 saturated heterocycles. The van der Waals surface area contributed by atoms with E-state index in [1.165, 1.54) is 0 Å². The lowest BCUT2D eigenvalue weighted by atomic mass is 9.94. The van der Waals surface area contributed by atoms with Crippen molar-refractivity contribution in [2.24, 2.45) is 0 Å². The molecule has 110 valence electrons. The van der Waals surface area contributed by atoms with Crippen molar-refractivity contribution in [3.05, 3.63) is 12.2 Å². The van der Waals surface area contributed by atoms with E-state index >= 15 is 0 Å². The van der Waals surface area contributed by atoms with Crippen molar-refractivity contribution >= 4 is 0 Å². The van der Waals surface area contributed by atoms with Gasteiger partial charge in [0.1, 0.15) is 17.7 Å². The van der Waals surface area contributed by atoms with E-state index in [2.05, 4.69) is 44.9 Å². The Hall–Kier alpha value is -1.45. The summed E-state index contributed by atoms with van der Waals surface area (Å²) >= 11 is 0. The number of nitriles is 1. The third-order valence-corrected chi connectivity index (χ3v) is 4.01. The largest absolute Gasteiger partial charge is 0.315 e. The highest BCUT2D eigenvalue weighted by molar-refractivity contribution is 5.06. The quantitative estimate of drug-likeness (QED) is 0.844. The van der Waals surface area contributed by atoms with Gasteiger partial charge in [0, 0.05) is 19.1 Å². The number of hydrogen-bond donors (Lipinski definition) is 1. The van der Waals surface area contributed by atoms with Crippen LogP contribution in [0.2, 0.25) is 0 Å². The van der Waals surface area contributed by atoms with Gasteiger partial charge in [-0.3, -0.25) is 10.2 Å². The molecule has 1 aliphatic rings. The zero-order chi connectivity index (χ0) is 14.6.